The number of hydrogen-bond donors (Lipinski definition) is 4. The minimum Gasteiger partial charge on any atom is -0.504 e. The van der Waals surface area contributed by atoms with E-state index in [1.165, 1.54) is 6.07 Å². The highest BCUT2D eigenvalue weighted by Gasteiger charge is 2.34. The van der Waals surface area contributed by atoms with Crippen LogP contribution in [0.5, 0.6) is 11.5 Å². The molecule has 0 aliphatic heterocycles. The maximum atomic E-state index is 11.3. The summed E-state index contributed by atoms with van der Waals surface area (Å²) in [6.07, 6.45) is 1.86. The Bertz CT molecular complexity index is 433. The lowest BCUT2D eigenvalue weighted by Gasteiger charge is -2.25. The van der Waals surface area contributed by atoms with Gasteiger partial charge in [0.2, 0.25) is 0 Å². The molecule has 0 radical (unpaired) electrons. The molecule has 1 aromatic carbocycles. The number of carboxylic acid groups (broad SMARTS) is 1. The number of para-hydroxylation sites is 1. The van der Waals surface area contributed by atoms with Crippen molar-refractivity contribution < 1.29 is 20.1 Å². The molecule has 0 spiro atoms. The molecule has 100 valence electrons. The van der Waals surface area contributed by atoms with Gasteiger partial charge in [0.05, 0.1) is 0 Å². The summed E-state index contributed by atoms with van der Waals surface area (Å²) in [5.41, 5.74) is 4.81. The smallest absolute Gasteiger partial charge is 0.324 e. The molecular formula is C13H19NO4. The van der Waals surface area contributed by atoms with E-state index in [0.717, 1.165) is 6.42 Å². The number of aromatic hydroxyl groups is 2. The van der Waals surface area contributed by atoms with Crippen LogP contribution in [0.3, 0.4) is 0 Å². The Kier molecular flexibility index (Phi) is 4.55. The second-order valence-electron chi connectivity index (χ2n) is 4.53. The number of hydrogen-bond acceptors (Lipinski definition) is 4. The van der Waals surface area contributed by atoms with Crippen LogP contribution < -0.4 is 5.73 Å². The molecule has 0 aliphatic carbocycles. The van der Waals surface area contributed by atoms with E-state index in [2.05, 4.69) is 0 Å². The average molecular weight is 253 g/mol. The van der Waals surface area contributed by atoms with E-state index in [1.807, 2.05) is 6.92 Å². The van der Waals surface area contributed by atoms with Gasteiger partial charge in [-0.15, -0.1) is 0 Å². The van der Waals surface area contributed by atoms with Crippen LogP contribution in [0.15, 0.2) is 18.2 Å². The van der Waals surface area contributed by atoms with Gasteiger partial charge in [-0.2, -0.15) is 0 Å². The number of carboxylic acids is 1. The maximum absolute atomic E-state index is 11.3. The summed E-state index contributed by atoms with van der Waals surface area (Å²) < 4.78 is 0. The van der Waals surface area contributed by atoms with Crippen LogP contribution in [-0.2, 0) is 11.2 Å². The Labute approximate surface area is 106 Å². The first-order chi connectivity index (χ1) is 8.40. The molecule has 0 amide bonds. The molecule has 0 saturated heterocycles. The number of carbonyl (C=O) groups is 1. The van der Waals surface area contributed by atoms with Crippen molar-refractivity contribution in [1.29, 1.82) is 0 Å². The van der Waals surface area contributed by atoms with Gasteiger partial charge in [-0.3, -0.25) is 4.79 Å². The third-order valence-corrected chi connectivity index (χ3v) is 3.01. The fraction of sp³-hybridized carbons (Fsp3) is 0.462. The molecule has 18 heavy (non-hydrogen) atoms. The predicted molar refractivity (Wildman–Crippen MR) is 67.6 cm³/mol. The summed E-state index contributed by atoms with van der Waals surface area (Å²) in [4.78, 5) is 11.3. The van der Waals surface area contributed by atoms with E-state index in [9.17, 15) is 20.1 Å². The highest BCUT2D eigenvalue weighted by molar-refractivity contribution is 5.79. The molecule has 0 saturated carbocycles. The highest BCUT2D eigenvalue weighted by atomic mass is 16.4. The van der Waals surface area contributed by atoms with E-state index in [4.69, 9.17) is 5.73 Å². The summed E-state index contributed by atoms with van der Waals surface area (Å²) in [5.74, 6) is -1.67. The van der Waals surface area contributed by atoms with Crippen LogP contribution in [0.2, 0.25) is 0 Å². The molecule has 5 nitrogen and oxygen atoms in total. The van der Waals surface area contributed by atoms with Gasteiger partial charge in [0, 0.05) is 12.0 Å². The normalized spacial score (nSPS) is 14.1. The standard InChI is InChI=1S/C13H19NO4/c1-2-3-7-13(14,12(17)18)8-9-5-4-6-10(15)11(9)16/h4-6,15-16H,2-3,7-8,14H2,1H3,(H,17,18)/t13-/m0/s1. The molecule has 0 aromatic heterocycles. The molecular weight excluding hydrogens is 234 g/mol. The van der Waals surface area contributed by atoms with Crippen molar-refractivity contribution in [3.05, 3.63) is 23.8 Å². The second kappa shape index (κ2) is 5.73. The fourth-order valence-electron chi connectivity index (χ4n) is 1.82. The molecule has 0 heterocycles. The van der Waals surface area contributed by atoms with Gasteiger partial charge in [0.1, 0.15) is 5.54 Å². The number of aliphatic carboxylic acids is 1. The Morgan fingerprint density at radius 1 is 1.39 bits per heavy atom. The lowest BCUT2D eigenvalue weighted by Crippen LogP contribution is -2.49. The van der Waals surface area contributed by atoms with E-state index in [-0.39, 0.29) is 17.9 Å². The number of nitrogens with two attached hydrogens (primary N) is 1. The van der Waals surface area contributed by atoms with Crippen LogP contribution in [0.25, 0.3) is 0 Å². The topological polar surface area (TPSA) is 104 Å². The van der Waals surface area contributed by atoms with Crippen molar-refractivity contribution in [2.75, 3.05) is 0 Å². The fourth-order valence-corrected chi connectivity index (χ4v) is 1.82. The number of unbranched alkanes of at least 4 members (excludes halogenated alkanes) is 1. The lowest BCUT2D eigenvalue weighted by molar-refractivity contribution is -0.143. The van der Waals surface area contributed by atoms with Crippen molar-refractivity contribution in [2.24, 2.45) is 5.73 Å². The van der Waals surface area contributed by atoms with Crippen LogP contribution in [0.1, 0.15) is 31.7 Å². The van der Waals surface area contributed by atoms with Crippen molar-refractivity contribution in [2.45, 2.75) is 38.1 Å². The average Bonchev–Trinajstić information content (AvgIpc) is 2.32. The number of benzene rings is 1. The number of phenolic OH excluding ortho intramolecular Hbond substituents is 2. The molecule has 0 aliphatic rings. The van der Waals surface area contributed by atoms with Crippen LogP contribution in [-0.4, -0.2) is 26.8 Å². The van der Waals surface area contributed by atoms with Crippen molar-refractivity contribution in [3.63, 3.8) is 0 Å². The van der Waals surface area contributed by atoms with E-state index < -0.39 is 11.5 Å². The number of phenols is 2. The van der Waals surface area contributed by atoms with Gasteiger partial charge in [-0.05, 0) is 12.5 Å². The van der Waals surface area contributed by atoms with Gasteiger partial charge in [-0.25, -0.2) is 0 Å². The molecule has 1 aromatic rings. The molecule has 5 N–H and O–H groups in total. The molecule has 0 unspecified atom stereocenters. The van der Waals surface area contributed by atoms with Crippen LogP contribution in [0.4, 0.5) is 0 Å². The molecule has 1 atom stereocenters. The SMILES string of the molecule is CCCC[C@](N)(Cc1cccc(O)c1O)C(=O)O. The zero-order valence-electron chi connectivity index (χ0n) is 10.4. The van der Waals surface area contributed by atoms with Crippen molar-refractivity contribution in [1.82, 2.24) is 0 Å². The summed E-state index contributed by atoms with van der Waals surface area (Å²) in [7, 11) is 0. The predicted octanol–water partition coefficient (Wildman–Crippen LogP) is 1.61. The van der Waals surface area contributed by atoms with Crippen LogP contribution in [0, 0.1) is 0 Å². The third-order valence-electron chi connectivity index (χ3n) is 3.01. The zero-order valence-corrected chi connectivity index (χ0v) is 10.4. The van der Waals surface area contributed by atoms with E-state index >= 15 is 0 Å². The van der Waals surface area contributed by atoms with Gasteiger partial charge >= 0.3 is 5.97 Å². The molecule has 0 bridgehead atoms. The Hall–Kier alpha value is -1.75. The Morgan fingerprint density at radius 3 is 2.61 bits per heavy atom. The summed E-state index contributed by atoms with van der Waals surface area (Å²) in [6, 6.07) is 4.45. The summed E-state index contributed by atoms with van der Waals surface area (Å²) in [6.45, 7) is 1.95. The van der Waals surface area contributed by atoms with Crippen LogP contribution >= 0.6 is 0 Å². The van der Waals surface area contributed by atoms with Gasteiger partial charge in [0.15, 0.2) is 11.5 Å². The zero-order chi connectivity index (χ0) is 13.8. The van der Waals surface area contributed by atoms with Gasteiger partial charge in [0.25, 0.3) is 0 Å². The quantitative estimate of drug-likeness (QED) is 0.577. The second-order valence-corrected chi connectivity index (χ2v) is 4.53. The summed E-state index contributed by atoms with van der Waals surface area (Å²) in [5, 5.41) is 28.3. The molecule has 1 rings (SSSR count). The first-order valence-electron chi connectivity index (χ1n) is 5.93. The third kappa shape index (κ3) is 3.13. The van der Waals surface area contributed by atoms with Gasteiger partial charge < -0.3 is 21.1 Å². The largest absolute Gasteiger partial charge is 0.504 e. The minimum atomic E-state index is -1.42. The maximum Gasteiger partial charge on any atom is 0.324 e. The van der Waals surface area contributed by atoms with Gasteiger partial charge in [-0.1, -0.05) is 31.9 Å². The highest BCUT2D eigenvalue weighted by Crippen LogP contribution is 2.31. The van der Waals surface area contributed by atoms with E-state index in [1.54, 1.807) is 12.1 Å². The minimum absolute atomic E-state index is 0.0113. The Balaban J connectivity index is 2.96. The molecule has 5 heteroatoms. The first kappa shape index (κ1) is 14.3. The van der Waals surface area contributed by atoms with Crippen molar-refractivity contribution in [3.8, 4) is 11.5 Å². The first-order valence-corrected chi connectivity index (χ1v) is 5.93. The molecule has 0 fully saturated rings. The number of rotatable bonds is 6. The Morgan fingerprint density at radius 2 is 2.06 bits per heavy atom. The van der Waals surface area contributed by atoms with E-state index in [0.29, 0.717) is 18.4 Å². The van der Waals surface area contributed by atoms with Crippen molar-refractivity contribution >= 4 is 5.97 Å². The monoisotopic (exact) mass is 253 g/mol. The summed E-state index contributed by atoms with van der Waals surface area (Å²) >= 11 is 0. The lowest BCUT2D eigenvalue weighted by atomic mass is 9.86.